The summed E-state index contributed by atoms with van der Waals surface area (Å²) < 4.78 is 18.9. The van der Waals surface area contributed by atoms with Gasteiger partial charge in [0.05, 0.1) is 12.2 Å². The van der Waals surface area contributed by atoms with E-state index in [2.05, 4.69) is 0 Å². The van der Waals surface area contributed by atoms with Crippen molar-refractivity contribution in [2.45, 2.75) is 32.0 Å². The van der Waals surface area contributed by atoms with Gasteiger partial charge in [0.25, 0.3) is 5.91 Å². The summed E-state index contributed by atoms with van der Waals surface area (Å²) in [7, 11) is 0. The number of amides is 1. The Morgan fingerprint density at radius 2 is 2.00 bits per heavy atom. The Hall–Kier alpha value is -1.42. The van der Waals surface area contributed by atoms with E-state index in [4.69, 9.17) is 4.74 Å². The number of likely N-dealkylation sites (tertiary alicyclic amines) is 1. The molecule has 0 N–H and O–H groups in total. The average Bonchev–Trinajstić information content (AvgIpc) is 2.71. The van der Waals surface area contributed by atoms with E-state index in [1.165, 1.54) is 6.07 Å². The van der Waals surface area contributed by atoms with Crippen LogP contribution in [0.5, 0.6) is 0 Å². The molecule has 0 aliphatic carbocycles. The number of morpholine rings is 1. The zero-order valence-corrected chi connectivity index (χ0v) is 10.4. The van der Waals surface area contributed by atoms with E-state index in [9.17, 15) is 9.18 Å². The van der Waals surface area contributed by atoms with Crippen LogP contribution in [-0.2, 0) is 4.74 Å². The Morgan fingerprint density at radius 3 is 2.61 bits per heavy atom. The highest BCUT2D eigenvalue weighted by Crippen LogP contribution is 2.27. The van der Waals surface area contributed by atoms with Gasteiger partial charge in [0.15, 0.2) is 0 Å². The summed E-state index contributed by atoms with van der Waals surface area (Å²) in [5.41, 5.74) is 1.08. The van der Waals surface area contributed by atoms with Crippen LogP contribution in [0.4, 0.5) is 4.39 Å². The highest BCUT2D eigenvalue weighted by atomic mass is 19.1. The molecule has 96 valence electrons. The van der Waals surface area contributed by atoms with E-state index >= 15 is 0 Å². The van der Waals surface area contributed by atoms with E-state index < -0.39 is 0 Å². The number of benzene rings is 1. The van der Waals surface area contributed by atoms with Gasteiger partial charge in [0.1, 0.15) is 5.82 Å². The smallest absolute Gasteiger partial charge is 0.254 e. The minimum absolute atomic E-state index is 0.0155. The van der Waals surface area contributed by atoms with Crippen molar-refractivity contribution in [2.75, 3.05) is 13.1 Å². The summed E-state index contributed by atoms with van der Waals surface area (Å²) >= 11 is 0. The molecule has 3 rings (SSSR count). The Morgan fingerprint density at radius 1 is 1.33 bits per heavy atom. The molecule has 0 aromatic heterocycles. The van der Waals surface area contributed by atoms with Crippen molar-refractivity contribution in [1.29, 1.82) is 0 Å². The molecule has 2 fully saturated rings. The Labute approximate surface area is 106 Å². The number of hydrogen-bond donors (Lipinski definition) is 0. The number of hydrogen-bond acceptors (Lipinski definition) is 2. The van der Waals surface area contributed by atoms with Crippen LogP contribution in [0.1, 0.15) is 28.8 Å². The molecule has 2 aliphatic heterocycles. The normalized spacial score (nSPS) is 26.4. The third-order valence-electron chi connectivity index (χ3n) is 3.74. The van der Waals surface area contributed by atoms with Crippen LogP contribution in [0.3, 0.4) is 0 Å². The van der Waals surface area contributed by atoms with Crippen LogP contribution in [0.25, 0.3) is 0 Å². The molecule has 1 amide bonds. The van der Waals surface area contributed by atoms with Gasteiger partial charge in [-0.2, -0.15) is 0 Å². The number of fused-ring (bicyclic) bond motifs is 2. The third-order valence-corrected chi connectivity index (χ3v) is 3.74. The molecule has 3 nitrogen and oxygen atoms in total. The summed E-state index contributed by atoms with van der Waals surface area (Å²) in [6.45, 7) is 2.99. The summed E-state index contributed by atoms with van der Waals surface area (Å²) in [5.74, 6) is -0.285. The van der Waals surface area contributed by atoms with Gasteiger partial charge in [0, 0.05) is 18.7 Å². The summed E-state index contributed by atoms with van der Waals surface area (Å²) in [6, 6.07) is 4.54. The number of aryl methyl sites for hydroxylation is 1. The molecule has 2 unspecified atom stereocenters. The number of carbonyl (C=O) groups excluding carboxylic acids is 1. The van der Waals surface area contributed by atoms with Crippen LogP contribution in [0.15, 0.2) is 18.2 Å². The van der Waals surface area contributed by atoms with E-state index in [0.717, 1.165) is 12.8 Å². The minimum Gasteiger partial charge on any atom is -0.371 e. The first kappa shape index (κ1) is 11.7. The maximum Gasteiger partial charge on any atom is 0.254 e. The van der Waals surface area contributed by atoms with Crippen LogP contribution < -0.4 is 0 Å². The lowest BCUT2D eigenvalue weighted by Gasteiger charge is -2.32. The maximum absolute atomic E-state index is 13.2. The highest BCUT2D eigenvalue weighted by Gasteiger charge is 2.35. The highest BCUT2D eigenvalue weighted by molar-refractivity contribution is 5.94. The van der Waals surface area contributed by atoms with Crippen LogP contribution in [0, 0.1) is 12.7 Å². The van der Waals surface area contributed by atoms with Gasteiger partial charge < -0.3 is 9.64 Å². The third kappa shape index (κ3) is 2.01. The van der Waals surface area contributed by atoms with Crippen molar-refractivity contribution in [1.82, 2.24) is 4.90 Å². The van der Waals surface area contributed by atoms with Crippen molar-refractivity contribution >= 4 is 5.91 Å². The predicted molar refractivity (Wildman–Crippen MR) is 64.9 cm³/mol. The number of carbonyl (C=O) groups is 1. The van der Waals surface area contributed by atoms with E-state index in [1.807, 2.05) is 4.90 Å². The summed E-state index contributed by atoms with van der Waals surface area (Å²) in [4.78, 5) is 14.2. The molecule has 0 saturated carbocycles. The second-order valence-electron chi connectivity index (χ2n) is 5.13. The Kier molecular flexibility index (Phi) is 2.82. The topological polar surface area (TPSA) is 29.5 Å². The zero-order chi connectivity index (χ0) is 12.7. The second-order valence-corrected chi connectivity index (χ2v) is 5.13. The largest absolute Gasteiger partial charge is 0.371 e. The van der Waals surface area contributed by atoms with Crippen molar-refractivity contribution in [3.63, 3.8) is 0 Å². The Balaban J connectivity index is 1.79. The molecule has 2 saturated heterocycles. The van der Waals surface area contributed by atoms with Gasteiger partial charge in [-0.15, -0.1) is 0 Å². The molecule has 1 aromatic carbocycles. The standard InChI is InChI=1S/C14H16FNO2/c1-9-6-10(2-5-13(9)15)14(17)16-7-11-3-4-12(8-16)18-11/h2,5-6,11-12H,3-4,7-8H2,1H3. The molecule has 0 spiro atoms. The molecule has 18 heavy (non-hydrogen) atoms. The van der Waals surface area contributed by atoms with Crippen LogP contribution >= 0.6 is 0 Å². The fourth-order valence-electron chi connectivity index (χ4n) is 2.74. The minimum atomic E-state index is -0.270. The van der Waals surface area contributed by atoms with Crippen molar-refractivity contribution in [2.24, 2.45) is 0 Å². The lowest BCUT2D eigenvalue weighted by molar-refractivity contribution is -0.0303. The van der Waals surface area contributed by atoms with Crippen molar-refractivity contribution < 1.29 is 13.9 Å². The fraction of sp³-hybridized carbons (Fsp3) is 0.500. The lowest BCUT2D eigenvalue weighted by Crippen LogP contribution is -2.45. The first-order chi connectivity index (χ1) is 8.63. The van der Waals surface area contributed by atoms with E-state index in [-0.39, 0.29) is 23.9 Å². The molecule has 0 radical (unpaired) electrons. The number of nitrogens with zero attached hydrogens (tertiary/aromatic N) is 1. The van der Waals surface area contributed by atoms with Gasteiger partial charge in [0.2, 0.25) is 0 Å². The molecule has 4 heteroatoms. The lowest BCUT2D eigenvalue weighted by atomic mass is 10.1. The molecular weight excluding hydrogens is 233 g/mol. The average molecular weight is 249 g/mol. The Bertz CT molecular complexity index is 477. The van der Waals surface area contributed by atoms with Crippen LogP contribution in [-0.4, -0.2) is 36.1 Å². The van der Waals surface area contributed by atoms with E-state index in [0.29, 0.717) is 24.2 Å². The van der Waals surface area contributed by atoms with Gasteiger partial charge >= 0.3 is 0 Å². The van der Waals surface area contributed by atoms with Crippen molar-refractivity contribution in [3.05, 3.63) is 35.1 Å². The number of rotatable bonds is 1. The molecule has 2 aliphatic rings. The van der Waals surface area contributed by atoms with Gasteiger partial charge in [-0.1, -0.05) is 0 Å². The predicted octanol–water partition coefficient (Wildman–Crippen LogP) is 2.14. The van der Waals surface area contributed by atoms with Crippen molar-refractivity contribution in [3.8, 4) is 0 Å². The molecule has 1 aromatic rings. The SMILES string of the molecule is Cc1cc(C(=O)N2CC3CCC(C2)O3)ccc1F. The maximum atomic E-state index is 13.2. The van der Waals surface area contributed by atoms with Gasteiger partial charge in [-0.25, -0.2) is 4.39 Å². The van der Waals surface area contributed by atoms with Crippen LogP contribution in [0.2, 0.25) is 0 Å². The quantitative estimate of drug-likeness (QED) is 0.763. The summed E-state index contributed by atoms with van der Waals surface area (Å²) in [6.07, 6.45) is 2.46. The zero-order valence-electron chi connectivity index (χ0n) is 10.4. The molecule has 2 heterocycles. The second kappa shape index (κ2) is 4.35. The van der Waals surface area contributed by atoms with Gasteiger partial charge in [-0.3, -0.25) is 4.79 Å². The number of ether oxygens (including phenoxy) is 1. The first-order valence-electron chi connectivity index (χ1n) is 6.34. The summed E-state index contributed by atoms with van der Waals surface area (Å²) in [5, 5.41) is 0. The van der Waals surface area contributed by atoms with Gasteiger partial charge in [-0.05, 0) is 43.5 Å². The molecule has 2 atom stereocenters. The fourth-order valence-corrected chi connectivity index (χ4v) is 2.74. The first-order valence-corrected chi connectivity index (χ1v) is 6.34. The van der Waals surface area contributed by atoms with E-state index in [1.54, 1.807) is 19.1 Å². The number of halogens is 1. The molecule has 2 bridgehead atoms. The monoisotopic (exact) mass is 249 g/mol. The molecular formula is C14H16FNO2.